The van der Waals surface area contributed by atoms with Crippen molar-refractivity contribution >= 4 is 28.8 Å². The van der Waals surface area contributed by atoms with Gasteiger partial charge in [0.05, 0.1) is 17.4 Å². The molecule has 4 nitrogen and oxygen atoms in total. The van der Waals surface area contributed by atoms with E-state index in [0.717, 1.165) is 28.8 Å². The minimum Gasteiger partial charge on any atom is -0.350 e. The maximum Gasteiger partial charge on any atom is 0.234 e. The summed E-state index contributed by atoms with van der Waals surface area (Å²) < 4.78 is 0.759. The molecule has 1 atom stereocenters. The van der Waals surface area contributed by atoms with Crippen LogP contribution in [-0.2, 0) is 11.3 Å². The van der Waals surface area contributed by atoms with Crippen molar-refractivity contribution < 1.29 is 4.79 Å². The second-order valence-electron chi connectivity index (χ2n) is 4.51. The largest absolute Gasteiger partial charge is 0.350 e. The molecule has 0 bridgehead atoms. The van der Waals surface area contributed by atoms with E-state index < -0.39 is 0 Å². The standard InChI is InChI=1S/C12H18ClN3OS/c1-9-6-14-4-5-16(9)8-12(17)15-7-10-2-3-11(13)18-10/h2-3,9,14H,4-8H2,1H3,(H,15,17)/t9-/m1/s1. The predicted octanol–water partition coefficient (Wildman–Crippen LogP) is 1.31. The van der Waals surface area contributed by atoms with Crippen molar-refractivity contribution in [2.75, 3.05) is 26.2 Å². The predicted molar refractivity (Wildman–Crippen MR) is 75.1 cm³/mol. The summed E-state index contributed by atoms with van der Waals surface area (Å²) in [6, 6.07) is 4.22. The summed E-state index contributed by atoms with van der Waals surface area (Å²) in [5.41, 5.74) is 0. The number of nitrogens with zero attached hydrogens (tertiary/aromatic N) is 1. The lowest BCUT2D eigenvalue weighted by atomic mass is 10.2. The highest BCUT2D eigenvalue weighted by Crippen LogP contribution is 2.20. The first-order chi connectivity index (χ1) is 8.65. The summed E-state index contributed by atoms with van der Waals surface area (Å²) in [6.45, 7) is 6.02. The van der Waals surface area contributed by atoms with Crippen LogP contribution < -0.4 is 10.6 Å². The van der Waals surface area contributed by atoms with Gasteiger partial charge in [0.15, 0.2) is 0 Å². The van der Waals surface area contributed by atoms with Crippen molar-refractivity contribution in [3.05, 3.63) is 21.3 Å². The monoisotopic (exact) mass is 287 g/mol. The Balaban J connectivity index is 1.74. The number of nitrogens with one attached hydrogen (secondary N) is 2. The molecule has 2 rings (SSSR count). The van der Waals surface area contributed by atoms with Crippen LogP contribution in [0.4, 0.5) is 0 Å². The zero-order valence-electron chi connectivity index (χ0n) is 10.4. The van der Waals surface area contributed by atoms with Crippen LogP contribution in [0, 0.1) is 0 Å². The first-order valence-corrected chi connectivity index (χ1v) is 7.30. The molecule has 1 saturated heterocycles. The van der Waals surface area contributed by atoms with E-state index in [4.69, 9.17) is 11.6 Å². The van der Waals surface area contributed by atoms with E-state index in [1.807, 2.05) is 12.1 Å². The Morgan fingerprint density at radius 1 is 1.67 bits per heavy atom. The Labute approximate surface area is 116 Å². The molecule has 0 unspecified atom stereocenters. The quantitative estimate of drug-likeness (QED) is 0.878. The van der Waals surface area contributed by atoms with Crippen LogP contribution >= 0.6 is 22.9 Å². The Kier molecular flexibility index (Phi) is 5.00. The Bertz CT molecular complexity index is 410. The smallest absolute Gasteiger partial charge is 0.234 e. The van der Waals surface area contributed by atoms with Crippen molar-refractivity contribution in [1.82, 2.24) is 15.5 Å². The fourth-order valence-corrected chi connectivity index (χ4v) is 3.02. The van der Waals surface area contributed by atoms with E-state index in [2.05, 4.69) is 22.5 Å². The number of carbonyl (C=O) groups excluding carboxylic acids is 1. The highest BCUT2D eigenvalue weighted by molar-refractivity contribution is 7.16. The van der Waals surface area contributed by atoms with Gasteiger partial charge in [0, 0.05) is 30.6 Å². The van der Waals surface area contributed by atoms with Crippen LogP contribution in [0.2, 0.25) is 4.34 Å². The van der Waals surface area contributed by atoms with Crippen LogP contribution in [0.25, 0.3) is 0 Å². The Morgan fingerprint density at radius 2 is 2.50 bits per heavy atom. The molecule has 1 aliphatic rings. The lowest BCUT2D eigenvalue weighted by Crippen LogP contribution is -2.52. The summed E-state index contributed by atoms with van der Waals surface area (Å²) in [5.74, 6) is 0.0771. The molecular weight excluding hydrogens is 270 g/mol. The molecule has 0 spiro atoms. The number of rotatable bonds is 4. The summed E-state index contributed by atoms with van der Waals surface area (Å²) in [4.78, 5) is 15.1. The van der Waals surface area contributed by atoms with Crippen LogP contribution in [0.15, 0.2) is 12.1 Å². The highest BCUT2D eigenvalue weighted by atomic mass is 35.5. The normalized spacial score (nSPS) is 20.9. The van der Waals surface area contributed by atoms with Crippen molar-refractivity contribution in [3.63, 3.8) is 0 Å². The molecule has 1 aromatic rings. The second kappa shape index (κ2) is 6.52. The van der Waals surface area contributed by atoms with Crippen LogP contribution in [0.3, 0.4) is 0 Å². The van der Waals surface area contributed by atoms with E-state index in [0.29, 0.717) is 19.1 Å². The molecule has 2 N–H and O–H groups in total. The third kappa shape index (κ3) is 3.95. The number of hydrogen-bond donors (Lipinski definition) is 2. The molecule has 100 valence electrons. The zero-order valence-corrected chi connectivity index (χ0v) is 12.0. The SMILES string of the molecule is C[C@@H]1CNCCN1CC(=O)NCc1ccc(Cl)s1. The maximum absolute atomic E-state index is 11.8. The second-order valence-corrected chi connectivity index (χ2v) is 6.31. The lowest BCUT2D eigenvalue weighted by molar-refractivity contribution is -0.123. The van der Waals surface area contributed by atoms with E-state index >= 15 is 0 Å². The number of thiophene rings is 1. The highest BCUT2D eigenvalue weighted by Gasteiger charge is 2.19. The molecule has 0 aromatic carbocycles. The molecule has 18 heavy (non-hydrogen) atoms. The maximum atomic E-state index is 11.8. The van der Waals surface area contributed by atoms with Gasteiger partial charge in [-0.25, -0.2) is 0 Å². The van der Waals surface area contributed by atoms with Crippen LogP contribution in [0.5, 0.6) is 0 Å². The minimum atomic E-state index is 0.0771. The molecule has 1 amide bonds. The van der Waals surface area contributed by atoms with Gasteiger partial charge in [-0.05, 0) is 19.1 Å². The van der Waals surface area contributed by atoms with Gasteiger partial charge in [0.2, 0.25) is 5.91 Å². The third-order valence-electron chi connectivity index (χ3n) is 3.07. The van der Waals surface area contributed by atoms with Gasteiger partial charge in [0.25, 0.3) is 0 Å². The van der Waals surface area contributed by atoms with Crippen molar-refractivity contribution in [2.24, 2.45) is 0 Å². The van der Waals surface area contributed by atoms with Crippen molar-refractivity contribution in [3.8, 4) is 0 Å². The van der Waals surface area contributed by atoms with Crippen molar-refractivity contribution in [1.29, 1.82) is 0 Å². The van der Waals surface area contributed by atoms with Crippen molar-refractivity contribution in [2.45, 2.75) is 19.5 Å². The topological polar surface area (TPSA) is 44.4 Å². The average molecular weight is 288 g/mol. The number of piperazine rings is 1. The molecule has 1 fully saturated rings. The van der Waals surface area contributed by atoms with Gasteiger partial charge in [-0.2, -0.15) is 0 Å². The first kappa shape index (κ1) is 13.8. The van der Waals surface area contributed by atoms with Crippen LogP contribution in [0.1, 0.15) is 11.8 Å². The number of amides is 1. The fraction of sp³-hybridized carbons (Fsp3) is 0.583. The fourth-order valence-electron chi connectivity index (χ4n) is 1.99. The third-order valence-corrected chi connectivity index (χ3v) is 4.31. The van der Waals surface area contributed by atoms with E-state index in [1.165, 1.54) is 11.3 Å². The Morgan fingerprint density at radius 3 is 3.17 bits per heavy atom. The molecule has 0 radical (unpaired) electrons. The molecule has 2 heterocycles. The van der Waals surface area contributed by atoms with Gasteiger partial charge in [-0.15, -0.1) is 11.3 Å². The van der Waals surface area contributed by atoms with E-state index in [1.54, 1.807) is 0 Å². The zero-order chi connectivity index (χ0) is 13.0. The van der Waals surface area contributed by atoms with Gasteiger partial charge < -0.3 is 10.6 Å². The molecule has 0 saturated carbocycles. The molecule has 0 aliphatic carbocycles. The van der Waals surface area contributed by atoms with Gasteiger partial charge >= 0.3 is 0 Å². The van der Waals surface area contributed by atoms with E-state index in [9.17, 15) is 4.79 Å². The molecule has 1 aromatic heterocycles. The van der Waals surface area contributed by atoms with Gasteiger partial charge in [-0.1, -0.05) is 11.6 Å². The summed E-state index contributed by atoms with van der Waals surface area (Å²) in [5, 5.41) is 6.24. The minimum absolute atomic E-state index is 0.0771. The number of hydrogen-bond acceptors (Lipinski definition) is 4. The summed E-state index contributed by atoms with van der Waals surface area (Å²) in [7, 11) is 0. The van der Waals surface area contributed by atoms with Crippen LogP contribution in [-0.4, -0.2) is 43.0 Å². The van der Waals surface area contributed by atoms with Gasteiger partial charge in [0.1, 0.15) is 0 Å². The van der Waals surface area contributed by atoms with Gasteiger partial charge in [-0.3, -0.25) is 9.69 Å². The average Bonchev–Trinajstić information content (AvgIpc) is 2.76. The van der Waals surface area contributed by atoms with E-state index in [-0.39, 0.29) is 5.91 Å². The number of halogens is 1. The first-order valence-electron chi connectivity index (χ1n) is 6.11. The molecular formula is C12H18ClN3OS. The number of carbonyl (C=O) groups is 1. The Hall–Kier alpha value is -0.620. The summed E-state index contributed by atoms with van der Waals surface area (Å²) >= 11 is 7.34. The molecule has 1 aliphatic heterocycles. The molecule has 6 heteroatoms. The lowest BCUT2D eigenvalue weighted by Gasteiger charge is -2.33. The summed E-state index contributed by atoms with van der Waals surface area (Å²) in [6.07, 6.45) is 0.